The predicted molar refractivity (Wildman–Crippen MR) is 224 cm³/mol. The molecule has 17 nitrogen and oxygen atoms in total. The molecule has 25 atom stereocenters. The van der Waals surface area contributed by atoms with Crippen molar-refractivity contribution in [1.82, 2.24) is 0 Å². The van der Waals surface area contributed by atoms with Crippen LogP contribution in [0.25, 0.3) is 0 Å². The Morgan fingerprint density at radius 2 is 1.28 bits per heavy atom. The summed E-state index contributed by atoms with van der Waals surface area (Å²) in [6.45, 7) is 17.8. The second-order valence-electron chi connectivity index (χ2n) is 23.5. The van der Waals surface area contributed by atoms with Crippen LogP contribution in [-0.2, 0) is 33.2 Å². The van der Waals surface area contributed by atoms with E-state index in [1.54, 1.807) is 0 Å². The van der Waals surface area contributed by atoms with Crippen molar-refractivity contribution in [1.29, 1.82) is 0 Å². The Kier molecular flexibility index (Phi) is 13.0. The largest absolute Gasteiger partial charge is 0.394 e. The molecule has 3 heterocycles. The minimum atomic E-state index is -1.66. The van der Waals surface area contributed by atoms with Gasteiger partial charge in [-0.1, -0.05) is 41.5 Å². The topological polar surface area (TPSA) is 275 Å². The van der Waals surface area contributed by atoms with Gasteiger partial charge in [-0.25, -0.2) is 0 Å². The number of hydrogen-bond donors (Lipinski definition) is 10. The Morgan fingerprint density at radius 3 is 1.94 bits per heavy atom. The van der Waals surface area contributed by atoms with Gasteiger partial charge in [-0.15, -0.1) is 0 Å². The van der Waals surface area contributed by atoms with E-state index in [1.807, 2.05) is 27.7 Å². The smallest absolute Gasteiger partial charge is 0.187 e. The summed E-state index contributed by atoms with van der Waals surface area (Å²) >= 11 is 0. The lowest BCUT2D eigenvalue weighted by Gasteiger charge is -2.73. The van der Waals surface area contributed by atoms with Crippen molar-refractivity contribution >= 4 is 5.78 Å². The number of aliphatic hydroxyl groups excluding tert-OH is 10. The summed E-state index contributed by atoms with van der Waals surface area (Å²) < 4.78 is 36.6. The molecule has 5 saturated carbocycles. The van der Waals surface area contributed by atoms with Crippen molar-refractivity contribution in [2.75, 3.05) is 13.2 Å². The molecule has 3 saturated heterocycles. The number of carbonyl (C=O) groups is 1. The van der Waals surface area contributed by atoms with Gasteiger partial charge in [0.05, 0.1) is 37.1 Å². The predicted octanol–water partition coefficient (Wildman–Crippen LogP) is 0.509. The van der Waals surface area contributed by atoms with Gasteiger partial charge in [0, 0.05) is 17.8 Å². The summed E-state index contributed by atoms with van der Waals surface area (Å²) in [4.78, 5) is 15.2. The van der Waals surface area contributed by atoms with Crippen LogP contribution < -0.4 is 0 Å². The van der Waals surface area contributed by atoms with Crippen LogP contribution in [-0.4, -0.2) is 174 Å². The van der Waals surface area contributed by atoms with Gasteiger partial charge in [0.25, 0.3) is 0 Å². The lowest BCUT2D eigenvalue weighted by atomic mass is 9.31. The molecule has 368 valence electrons. The number of Topliss-reactive ketones (excluding diaryl/α,β-unsaturated/α-hetero) is 1. The third kappa shape index (κ3) is 7.35. The van der Waals surface area contributed by atoms with Crippen LogP contribution in [0.2, 0.25) is 0 Å². The summed E-state index contributed by atoms with van der Waals surface area (Å²) in [5, 5.41) is 107. The standard InChI is InChI=1S/C47H78O17/c1-20-30(52)33(55)35(57)39(60-20)63-37-31(53)24(51)19-59-41(37)62-28-13-15-45(7)27-11-10-26-44(6)14-12-21(43(4,5)64-40-36(58)34(56)32(54)25(18-48)61-40)29(44)22(49)16-46(26,8)47(27,9)17-23(50)38(45)42(28,2)3/h20-22,24-41,48-49,51-58H,10-19H2,1-9H3. The summed E-state index contributed by atoms with van der Waals surface area (Å²) in [6, 6.07) is 0. The molecule has 17 heteroatoms. The molecule has 5 aliphatic carbocycles. The van der Waals surface area contributed by atoms with Crippen LogP contribution >= 0.6 is 0 Å². The summed E-state index contributed by atoms with van der Waals surface area (Å²) in [5.41, 5.74) is -3.22. The van der Waals surface area contributed by atoms with Gasteiger partial charge in [0.2, 0.25) is 0 Å². The van der Waals surface area contributed by atoms with Crippen molar-refractivity contribution in [2.45, 2.75) is 218 Å². The number of carbonyl (C=O) groups excluding carboxylic acids is 1. The average Bonchev–Trinajstić information content (AvgIpc) is 3.59. The molecular weight excluding hydrogens is 837 g/mol. The molecule has 0 amide bonds. The summed E-state index contributed by atoms with van der Waals surface area (Å²) in [6.07, 6.45) is -15.2. The fraction of sp³-hybridized carbons (Fsp3) is 0.979. The summed E-state index contributed by atoms with van der Waals surface area (Å²) in [5.74, 6) is -0.231. The molecule has 8 fully saturated rings. The number of aliphatic hydroxyl groups is 10. The summed E-state index contributed by atoms with van der Waals surface area (Å²) in [7, 11) is 0. The Balaban J connectivity index is 1.01. The maximum absolute atomic E-state index is 15.2. The van der Waals surface area contributed by atoms with Gasteiger partial charge in [-0.3, -0.25) is 4.79 Å². The van der Waals surface area contributed by atoms with Crippen molar-refractivity contribution < 1.29 is 84.3 Å². The third-order valence-corrected chi connectivity index (χ3v) is 19.4. The van der Waals surface area contributed by atoms with Gasteiger partial charge in [0.1, 0.15) is 66.8 Å². The first-order valence-electron chi connectivity index (χ1n) is 23.9. The van der Waals surface area contributed by atoms with E-state index in [-0.39, 0.29) is 41.5 Å². The van der Waals surface area contributed by atoms with Crippen molar-refractivity contribution in [2.24, 2.45) is 56.7 Å². The molecule has 3 aliphatic heterocycles. The molecule has 0 spiro atoms. The highest BCUT2D eigenvalue weighted by Gasteiger charge is 2.74. The molecule has 0 bridgehead atoms. The van der Waals surface area contributed by atoms with Gasteiger partial charge >= 0.3 is 0 Å². The van der Waals surface area contributed by atoms with Gasteiger partial charge in [0.15, 0.2) is 18.9 Å². The van der Waals surface area contributed by atoms with E-state index >= 15 is 4.79 Å². The lowest BCUT2D eigenvalue weighted by Crippen LogP contribution is -2.71. The first kappa shape index (κ1) is 49.5. The minimum Gasteiger partial charge on any atom is -0.394 e. The first-order valence-corrected chi connectivity index (χ1v) is 23.9. The zero-order valence-electron chi connectivity index (χ0n) is 39.0. The number of fused-ring (bicyclic) bond motifs is 7. The molecule has 25 unspecified atom stereocenters. The lowest BCUT2D eigenvalue weighted by molar-refractivity contribution is -0.364. The second kappa shape index (κ2) is 16.9. The highest BCUT2D eigenvalue weighted by atomic mass is 16.8. The molecule has 64 heavy (non-hydrogen) atoms. The van der Waals surface area contributed by atoms with Crippen LogP contribution in [0.4, 0.5) is 0 Å². The van der Waals surface area contributed by atoms with Gasteiger partial charge < -0.3 is 79.5 Å². The second-order valence-corrected chi connectivity index (χ2v) is 23.5. The molecule has 0 aromatic carbocycles. The molecule has 8 aliphatic rings. The third-order valence-electron chi connectivity index (χ3n) is 19.4. The van der Waals surface area contributed by atoms with Gasteiger partial charge in [-0.2, -0.15) is 0 Å². The highest BCUT2D eigenvalue weighted by molar-refractivity contribution is 5.85. The Bertz CT molecular complexity index is 1710. The first-order chi connectivity index (χ1) is 29.7. The molecular formula is C47H78O17. The van der Waals surface area contributed by atoms with E-state index in [2.05, 4.69) is 27.7 Å². The molecule has 0 aromatic rings. The van der Waals surface area contributed by atoms with Gasteiger partial charge in [-0.05, 0) is 111 Å². The number of rotatable bonds is 8. The number of ketones is 1. The number of hydrogen-bond acceptors (Lipinski definition) is 17. The Labute approximate surface area is 376 Å². The van der Waals surface area contributed by atoms with E-state index in [0.29, 0.717) is 25.7 Å². The molecule has 0 aromatic heterocycles. The normalized spacial score (nSPS) is 56.4. The zero-order valence-corrected chi connectivity index (χ0v) is 39.0. The number of ether oxygens (including phenoxy) is 6. The molecule has 10 N–H and O–H groups in total. The van der Waals surface area contributed by atoms with E-state index < -0.39 is 138 Å². The van der Waals surface area contributed by atoms with Crippen LogP contribution in [0, 0.1) is 56.7 Å². The van der Waals surface area contributed by atoms with E-state index in [4.69, 9.17) is 28.4 Å². The van der Waals surface area contributed by atoms with E-state index in [9.17, 15) is 51.1 Å². The monoisotopic (exact) mass is 915 g/mol. The Hall–Kier alpha value is -0.970. The maximum atomic E-state index is 15.2. The highest BCUT2D eigenvalue weighted by Crippen LogP contribution is 2.78. The van der Waals surface area contributed by atoms with Crippen molar-refractivity contribution in [3.8, 4) is 0 Å². The Morgan fingerprint density at radius 1 is 0.672 bits per heavy atom. The van der Waals surface area contributed by atoms with Crippen molar-refractivity contribution in [3.63, 3.8) is 0 Å². The quantitative estimate of drug-likeness (QED) is 0.149. The fourth-order valence-electron chi connectivity index (χ4n) is 16.2. The van der Waals surface area contributed by atoms with E-state index in [0.717, 1.165) is 25.7 Å². The minimum absolute atomic E-state index is 0.146. The van der Waals surface area contributed by atoms with Crippen LogP contribution in [0.1, 0.15) is 114 Å². The molecule has 8 rings (SSSR count). The van der Waals surface area contributed by atoms with Crippen LogP contribution in [0.15, 0.2) is 0 Å². The fourth-order valence-corrected chi connectivity index (χ4v) is 16.2. The average molecular weight is 915 g/mol. The zero-order chi connectivity index (χ0) is 47.0. The van der Waals surface area contributed by atoms with Crippen LogP contribution in [0.5, 0.6) is 0 Å². The van der Waals surface area contributed by atoms with E-state index in [1.165, 1.54) is 6.92 Å². The maximum Gasteiger partial charge on any atom is 0.187 e. The van der Waals surface area contributed by atoms with Crippen LogP contribution in [0.3, 0.4) is 0 Å². The SMILES string of the molecule is CC1OC(OC2C(OC3CCC4(C)C(C(=O)CC5(C)C4CCC4C6(C)CCC(C(C)(C)OC7OC(CO)C(O)C(O)C7O)C6C(O)CC45C)C3(C)C)OCC(O)C2O)C(O)C(O)C1O. The molecule has 0 radical (unpaired) electrons. The van der Waals surface area contributed by atoms with Crippen molar-refractivity contribution in [3.05, 3.63) is 0 Å².